The Labute approximate surface area is 94.3 Å². The number of hydrogen-bond donors (Lipinski definition) is 1. The molecule has 1 aliphatic carbocycles. The monoisotopic (exact) mass is 224 g/mol. The Bertz CT molecular complexity index is 343. The smallest absolute Gasteiger partial charge is 0.116 e. The van der Waals surface area contributed by atoms with Gasteiger partial charge >= 0.3 is 0 Å². The van der Waals surface area contributed by atoms with E-state index in [0.717, 1.165) is 17.9 Å². The maximum atomic E-state index is 9.04. The van der Waals surface area contributed by atoms with Crippen LogP contribution in [0, 0.1) is 0 Å². The molecule has 2 rings (SSSR count). The van der Waals surface area contributed by atoms with Gasteiger partial charge in [-0.3, -0.25) is 0 Å². The van der Waals surface area contributed by atoms with Gasteiger partial charge in [-0.1, -0.05) is 6.92 Å². The second-order valence-corrected chi connectivity index (χ2v) is 5.35. The number of rotatable bonds is 3. The quantitative estimate of drug-likeness (QED) is 0.628. The van der Waals surface area contributed by atoms with Crippen LogP contribution in [0.1, 0.15) is 31.0 Å². The van der Waals surface area contributed by atoms with Crippen molar-refractivity contribution in [1.82, 2.24) is 9.97 Å². The first-order valence-electron chi connectivity index (χ1n) is 5.41. The Morgan fingerprint density at radius 1 is 1.40 bits per heavy atom. The lowest BCUT2D eigenvalue weighted by atomic mass is 9.98. The fraction of sp³-hybridized carbons (Fsp3) is 0.636. The zero-order chi connectivity index (χ0) is 10.7. The molecule has 0 saturated carbocycles. The number of hydrogen-bond acceptors (Lipinski definition) is 4. The number of aromatic nitrogens is 2. The fourth-order valence-electron chi connectivity index (χ4n) is 1.82. The molecule has 0 amide bonds. The number of nitrogens with zero attached hydrogens (tertiary/aromatic N) is 2. The molecule has 1 aliphatic rings. The Morgan fingerprint density at radius 2 is 2.20 bits per heavy atom. The van der Waals surface area contributed by atoms with Crippen molar-refractivity contribution >= 4 is 11.8 Å². The van der Waals surface area contributed by atoms with Crippen molar-refractivity contribution in [2.75, 3.05) is 6.61 Å². The van der Waals surface area contributed by atoms with Crippen molar-refractivity contribution in [3.63, 3.8) is 0 Å². The van der Waals surface area contributed by atoms with E-state index in [1.54, 1.807) is 18.1 Å². The zero-order valence-corrected chi connectivity index (χ0v) is 9.76. The molecule has 1 unspecified atom stereocenters. The average molecular weight is 224 g/mol. The third-order valence-electron chi connectivity index (χ3n) is 2.66. The summed E-state index contributed by atoms with van der Waals surface area (Å²) in [7, 11) is 0. The summed E-state index contributed by atoms with van der Waals surface area (Å²) in [5, 5.41) is 10.3. The Morgan fingerprint density at radius 3 is 3.00 bits per heavy atom. The fourth-order valence-corrected chi connectivity index (χ4v) is 2.75. The van der Waals surface area contributed by atoms with E-state index in [0.29, 0.717) is 0 Å². The number of aliphatic hydroxyl groups is 1. The lowest BCUT2D eigenvalue weighted by molar-refractivity contribution is 0.300. The second-order valence-electron chi connectivity index (χ2n) is 3.92. The second kappa shape index (κ2) is 4.94. The normalized spacial score (nSPS) is 17.2. The first-order chi connectivity index (χ1) is 7.31. The third-order valence-corrected chi connectivity index (χ3v) is 3.78. The van der Waals surface area contributed by atoms with Gasteiger partial charge in [0.1, 0.15) is 11.4 Å². The van der Waals surface area contributed by atoms with Crippen LogP contribution in [0.3, 0.4) is 0 Å². The van der Waals surface area contributed by atoms with Gasteiger partial charge in [0.25, 0.3) is 0 Å². The van der Waals surface area contributed by atoms with E-state index in [2.05, 4.69) is 9.97 Å². The van der Waals surface area contributed by atoms with Crippen molar-refractivity contribution in [3.05, 3.63) is 17.6 Å². The lowest BCUT2D eigenvalue weighted by Crippen LogP contribution is -2.10. The van der Waals surface area contributed by atoms with E-state index in [4.69, 9.17) is 5.11 Å². The summed E-state index contributed by atoms with van der Waals surface area (Å²) in [6.45, 7) is 2.21. The Hall–Kier alpha value is -0.610. The summed E-state index contributed by atoms with van der Waals surface area (Å²) in [6.07, 6.45) is 6.30. The summed E-state index contributed by atoms with van der Waals surface area (Å²) >= 11 is 1.66. The number of thioether (sulfide) groups is 1. The summed E-state index contributed by atoms with van der Waals surface area (Å²) in [5.41, 5.74) is 2.53. The first kappa shape index (κ1) is 10.9. The maximum Gasteiger partial charge on any atom is 0.116 e. The van der Waals surface area contributed by atoms with Crippen molar-refractivity contribution in [3.8, 4) is 0 Å². The van der Waals surface area contributed by atoms with Gasteiger partial charge in [-0.15, -0.1) is 11.8 Å². The van der Waals surface area contributed by atoms with Crippen molar-refractivity contribution < 1.29 is 5.11 Å². The highest BCUT2D eigenvalue weighted by atomic mass is 32.2. The molecule has 0 spiro atoms. The molecule has 0 saturated heterocycles. The molecule has 15 heavy (non-hydrogen) atoms. The summed E-state index contributed by atoms with van der Waals surface area (Å²) < 4.78 is 0. The first-order valence-corrected chi connectivity index (χ1v) is 6.29. The topological polar surface area (TPSA) is 46.0 Å². The molecule has 1 aromatic heterocycles. The van der Waals surface area contributed by atoms with Crippen LogP contribution >= 0.6 is 11.8 Å². The largest absolute Gasteiger partial charge is 0.395 e. The molecule has 0 aliphatic heterocycles. The predicted octanol–water partition coefficient (Wildman–Crippen LogP) is 1.83. The van der Waals surface area contributed by atoms with Crippen LogP contribution in [0.5, 0.6) is 0 Å². The molecule has 1 N–H and O–H groups in total. The molecule has 82 valence electrons. The standard InChI is InChI=1S/C11H16N2OS/c1-8(6-14)15-11-9-4-2-3-5-10(9)12-7-13-11/h7-8,14H,2-6H2,1H3. The van der Waals surface area contributed by atoms with Crippen molar-refractivity contribution in [2.24, 2.45) is 0 Å². The summed E-state index contributed by atoms with van der Waals surface area (Å²) in [5.74, 6) is 0. The van der Waals surface area contributed by atoms with E-state index < -0.39 is 0 Å². The van der Waals surface area contributed by atoms with E-state index in [-0.39, 0.29) is 11.9 Å². The van der Waals surface area contributed by atoms with Gasteiger partial charge in [0.15, 0.2) is 0 Å². The van der Waals surface area contributed by atoms with Crippen LogP contribution in [0.4, 0.5) is 0 Å². The molecule has 0 radical (unpaired) electrons. The molecule has 0 aromatic carbocycles. The van der Waals surface area contributed by atoms with Crippen LogP contribution in [0.15, 0.2) is 11.4 Å². The van der Waals surface area contributed by atoms with Crippen LogP contribution < -0.4 is 0 Å². The molecule has 3 nitrogen and oxygen atoms in total. The van der Waals surface area contributed by atoms with Gasteiger partial charge in [-0.25, -0.2) is 9.97 Å². The highest BCUT2D eigenvalue weighted by Gasteiger charge is 2.16. The third kappa shape index (κ3) is 2.49. The van der Waals surface area contributed by atoms with Crippen LogP contribution in [-0.4, -0.2) is 26.9 Å². The molecule has 1 aromatic rings. The predicted molar refractivity (Wildman–Crippen MR) is 61.1 cm³/mol. The Balaban J connectivity index is 2.23. The number of aliphatic hydroxyl groups excluding tert-OH is 1. The van der Waals surface area contributed by atoms with Gasteiger partial charge in [0, 0.05) is 16.5 Å². The minimum Gasteiger partial charge on any atom is -0.395 e. The molecule has 0 fully saturated rings. The maximum absolute atomic E-state index is 9.04. The van der Waals surface area contributed by atoms with E-state index in [1.807, 2.05) is 6.92 Å². The molecule has 0 bridgehead atoms. The minimum absolute atomic E-state index is 0.198. The van der Waals surface area contributed by atoms with Gasteiger partial charge in [0.2, 0.25) is 0 Å². The van der Waals surface area contributed by atoms with Gasteiger partial charge in [-0.2, -0.15) is 0 Å². The van der Waals surface area contributed by atoms with Gasteiger partial charge in [0.05, 0.1) is 6.61 Å². The molecule has 4 heteroatoms. The van der Waals surface area contributed by atoms with E-state index >= 15 is 0 Å². The zero-order valence-electron chi connectivity index (χ0n) is 8.94. The van der Waals surface area contributed by atoms with E-state index in [1.165, 1.54) is 24.1 Å². The highest BCUT2D eigenvalue weighted by Crippen LogP contribution is 2.29. The highest BCUT2D eigenvalue weighted by molar-refractivity contribution is 7.99. The van der Waals surface area contributed by atoms with Crippen molar-refractivity contribution in [2.45, 2.75) is 42.9 Å². The minimum atomic E-state index is 0.198. The van der Waals surface area contributed by atoms with E-state index in [9.17, 15) is 0 Å². The van der Waals surface area contributed by atoms with Gasteiger partial charge in [-0.05, 0) is 25.7 Å². The van der Waals surface area contributed by atoms with Crippen molar-refractivity contribution in [1.29, 1.82) is 0 Å². The van der Waals surface area contributed by atoms with Crippen LogP contribution in [0.2, 0.25) is 0 Å². The molecule has 1 heterocycles. The Kier molecular flexibility index (Phi) is 3.59. The summed E-state index contributed by atoms with van der Waals surface area (Å²) in [6, 6.07) is 0. The number of aryl methyl sites for hydroxylation is 1. The lowest BCUT2D eigenvalue weighted by Gasteiger charge is -2.18. The molecule has 1 atom stereocenters. The molecular weight excluding hydrogens is 208 g/mol. The van der Waals surface area contributed by atoms with Gasteiger partial charge < -0.3 is 5.11 Å². The van der Waals surface area contributed by atoms with Crippen LogP contribution in [-0.2, 0) is 12.8 Å². The summed E-state index contributed by atoms with van der Waals surface area (Å²) in [4.78, 5) is 8.65. The average Bonchev–Trinajstić information content (AvgIpc) is 2.29. The SMILES string of the molecule is CC(CO)Sc1ncnc2c1CCCC2. The van der Waals surface area contributed by atoms with Crippen LogP contribution in [0.25, 0.3) is 0 Å². The number of fused-ring (bicyclic) bond motifs is 1. The molecular formula is C11H16N2OS.